The molecule has 0 aromatic carbocycles. The molecule has 1 nitrogen and oxygen atoms in total. The van der Waals surface area contributed by atoms with E-state index in [1.165, 1.54) is 0 Å². The highest BCUT2D eigenvalue weighted by molar-refractivity contribution is 8.94. The molecule has 4 heteroatoms. The first-order valence-electron chi connectivity index (χ1n) is 2.52. The molecule has 0 bridgehead atoms. The van der Waals surface area contributed by atoms with Crippen LogP contribution in [0.5, 0.6) is 0 Å². The van der Waals surface area contributed by atoms with Crippen LogP contribution < -0.4 is 0 Å². The molecule has 1 aliphatic heterocycles. The number of rotatable bonds is 0. The molecule has 9 heavy (non-hydrogen) atoms. The highest BCUT2D eigenvalue weighted by Gasteiger charge is 2.44. The molecule has 0 aliphatic carbocycles. The SMILES string of the molecule is C#CC1CS[P+](C)(O)S1. The maximum atomic E-state index is 9.44. The molecule has 0 saturated carbocycles. The van der Waals surface area contributed by atoms with Crippen molar-refractivity contribution in [3.8, 4) is 12.3 Å². The Morgan fingerprint density at radius 2 is 2.56 bits per heavy atom. The molecule has 2 atom stereocenters. The predicted molar refractivity (Wildman–Crippen MR) is 47.7 cm³/mol. The molecule has 2 unspecified atom stereocenters. The first-order chi connectivity index (χ1) is 4.14. The average molecular weight is 179 g/mol. The summed E-state index contributed by atoms with van der Waals surface area (Å²) in [6, 6.07) is 0. The van der Waals surface area contributed by atoms with Crippen LogP contribution in [0.2, 0.25) is 0 Å². The number of terminal acetylenes is 1. The van der Waals surface area contributed by atoms with Crippen molar-refractivity contribution in [2.45, 2.75) is 5.25 Å². The van der Waals surface area contributed by atoms with E-state index in [-0.39, 0.29) is 5.25 Å². The van der Waals surface area contributed by atoms with Gasteiger partial charge < -0.3 is 0 Å². The van der Waals surface area contributed by atoms with Crippen molar-refractivity contribution in [2.24, 2.45) is 0 Å². The van der Waals surface area contributed by atoms with Gasteiger partial charge in [0.25, 0.3) is 5.89 Å². The zero-order valence-electron chi connectivity index (χ0n) is 5.07. The van der Waals surface area contributed by atoms with Crippen LogP contribution in [0.3, 0.4) is 0 Å². The first kappa shape index (κ1) is 7.75. The second-order valence-corrected chi connectivity index (χ2v) is 11.2. The molecule has 50 valence electrons. The fourth-order valence-electron chi connectivity index (χ4n) is 0.581. The van der Waals surface area contributed by atoms with Crippen molar-refractivity contribution >= 4 is 28.7 Å². The molecule has 1 heterocycles. The fourth-order valence-corrected chi connectivity index (χ4v) is 8.07. The van der Waals surface area contributed by atoms with E-state index in [0.29, 0.717) is 0 Å². The highest BCUT2D eigenvalue weighted by Crippen LogP contribution is 2.79. The van der Waals surface area contributed by atoms with Crippen molar-refractivity contribution < 1.29 is 4.89 Å². The third-order valence-corrected chi connectivity index (χ3v) is 8.64. The number of hydrogen-bond acceptors (Lipinski definition) is 3. The molecule has 1 fully saturated rings. The lowest BCUT2D eigenvalue weighted by Crippen LogP contribution is -1.93. The molecule has 0 aromatic rings. The summed E-state index contributed by atoms with van der Waals surface area (Å²) in [4.78, 5) is 9.44. The summed E-state index contributed by atoms with van der Waals surface area (Å²) in [7, 11) is 0. The van der Waals surface area contributed by atoms with E-state index >= 15 is 0 Å². The van der Waals surface area contributed by atoms with Crippen LogP contribution in [0.15, 0.2) is 0 Å². The third kappa shape index (κ3) is 2.05. The number of hydrogen-bond donors (Lipinski definition) is 1. The Kier molecular flexibility index (Phi) is 2.34. The lowest BCUT2D eigenvalue weighted by molar-refractivity contribution is 0.642. The second-order valence-electron chi connectivity index (χ2n) is 1.86. The zero-order chi connectivity index (χ0) is 6.91. The average Bonchev–Trinajstić information content (AvgIpc) is 2.10. The van der Waals surface area contributed by atoms with Crippen LogP contribution in [-0.2, 0) is 0 Å². The van der Waals surface area contributed by atoms with Crippen LogP contribution in [0, 0.1) is 12.3 Å². The molecule has 0 spiro atoms. The quantitative estimate of drug-likeness (QED) is 0.452. The Morgan fingerprint density at radius 3 is 2.78 bits per heavy atom. The molecule has 0 aromatic heterocycles. The summed E-state index contributed by atoms with van der Waals surface area (Å²) in [6.07, 6.45) is 5.18. The minimum atomic E-state index is -1.68. The lowest BCUT2D eigenvalue weighted by atomic mass is 10.5. The Labute approximate surface area is 63.9 Å². The molecular weight excluding hydrogens is 171 g/mol. The fraction of sp³-hybridized carbons (Fsp3) is 0.600. The van der Waals surface area contributed by atoms with Gasteiger partial charge in [-0.3, -0.25) is 0 Å². The van der Waals surface area contributed by atoms with Gasteiger partial charge in [0.15, 0.2) is 0 Å². The maximum absolute atomic E-state index is 9.44. The summed E-state index contributed by atoms with van der Waals surface area (Å²) in [5.41, 5.74) is 0. The van der Waals surface area contributed by atoms with Gasteiger partial charge in [0.05, 0.1) is 35.2 Å². The summed E-state index contributed by atoms with van der Waals surface area (Å²) < 4.78 is 0. The van der Waals surface area contributed by atoms with Gasteiger partial charge >= 0.3 is 0 Å². The van der Waals surface area contributed by atoms with Crippen LogP contribution in [0.25, 0.3) is 0 Å². The van der Waals surface area contributed by atoms with Crippen LogP contribution in [0.4, 0.5) is 0 Å². The van der Waals surface area contributed by atoms with Gasteiger partial charge in [0.2, 0.25) is 0 Å². The van der Waals surface area contributed by atoms with Crippen LogP contribution in [0.1, 0.15) is 0 Å². The smallest absolute Gasteiger partial charge is 0.227 e. The van der Waals surface area contributed by atoms with E-state index in [0.717, 1.165) is 5.75 Å². The predicted octanol–water partition coefficient (Wildman–Crippen LogP) is 1.85. The molecule has 1 N–H and O–H groups in total. The van der Waals surface area contributed by atoms with E-state index in [1.54, 1.807) is 22.8 Å². The molecule has 0 amide bonds. The Bertz CT molecular complexity index is 152. The molecular formula is C5H8OPS2+. The van der Waals surface area contributed by atoms with Crippen molar-refractivity contribution in [2.75, 3.05) is 12.4 Å². The largest absolute Gasteiger partial charge is 0.256 e. The zero-order valence-corrected chi connectivity index (χ0v) is 7.60. The van der Waals surface area contributed by atoms with Gasteiger partial charge in [-0.1, -0.05) is 5.92 Å². The Morgan fingerprint density at radius 1 is 1.89 bits per heavy atom. The van der Waals surface area contributed by atoms with E-state index in [2.05, 4.69) is 5.92 Å². The summed E-state index contributed by atoms with van der Waals surface area (Å²) >= 11 is 3.18. The topological polar surface area (TPSA) is 20.2 Å². The van der Waals surface area contributed by atoms with Gasteiger partial charge in [-0.2, -0.15) is 0 Å². The van der Waals surface area contributed by atoms with Gasteiger partial charge in [0, 0.05) is 0 Å². The van der Waals surface area contributed by atoms with Crippen LogP contribution >= 0.6 is 28.7 Å². The normalized spacial score (nSPS) is 42.6. The molecule has 1 saturated heterocycles. The standard InChI is InChI=1S/C5H8OPS2/c1-3-5-4-8-7(2,6)9-5/h1,5-6H,4H2,2H3/q+1. The van der Waals surface area contributed by atoms with Crippen molar-refractivity contribution in [3.05, 3.63) is 0 Å². The van der Waals surface area contributed by atoms with Crippen LogP contribution in [-0.4, -0.2) is 22.6 Å². The van der Waals surface area contributed by atoms with Gasteiger partial charge in [-0.25, -0.2) is 4.89 Å². The van der Waals surface area contributed by atoms with Gasteiger partial charge in [0.1, 0.15) is 5.25 Å². The Hall–Kier alpha value is 0.650. The van der Waals surface area contributed by atoms with Crippen molar-refractivity contribution in [3.63, 3.8) is 0 Å². The van der Waals surface area contributed by atoms with E-state index in [9.17, 15) is 4.89 Å². The highest BCUT2D eigenvalue weighted by atomic mass is 33.1. The third-order valence-electron chi connectivity index (χ3n) is 0.974. The monoisotopic (exact) mass is 179 g/mol. The minimum Gasteiger partial charge on any atom is -0.227 e. The maximum Gasteiger partial charge on any atom is 0.256 e. The molecule has 0 radical (unpaired) electrons. The van der Waals surface area contributed by atoms with E-state index in [4.69, 9.17) is 6.42 Å². The lowest BCUT2D eigenvalue weighted by Gasteiger charge is -1.99. The van der Waals surface area contributed by atoms with Crippen molar-refractivity contribution in [1.82, 2.24) is 0 Å². The summed E-state index contributed by atoms with van der Waals surface area (Å²) in [6.45, 7) is 1.89. The van der Waals surface area contributed by atoms with Gasteiger partial charge in [-0.15, -0.1) is 6.42 Å². The summed E-state index contributed by atoms with van der Waals surface area (Å²) in [5, 5.41) is 0.248. The molecule has 1 rings (SSSR count). The Balaban J connectivity index is 2.50. The van der Waals surface area contributed by atoms with E-state index in [1.807, 2.05) is 6.66 Å². The second kappa shape index (κ2) is 2.72. The summed E-state index contributed by atoms with van der Waals surface area (Å²) in [5.74, 6) is 1.87. The molecule has 1 aliphatic rings. The van der Waals surface area contributed by atoms with Gasteiger partial charge in [-0.05, 0) is 0 Å². The first-order valence-corrected chi connectivity index (χ1v) is 7.79. The van der Waals surface area contributed by atoms with Crippen molar-refractivity contribution in [1.29, 1.82) is 0 Å². The minimum absolute atomic E-state index is 0.248. The van der Waals surface area contributed by atoms with E-state index < -0.39 is 5.89 Å².